The molecule has 1 aromatic heterocycles. The quantitative estimate of drug-likeness (QED) is 0.413. The van der Waals surface area contributed by atoms with Gasteiger partial charge < -0.3 is 15.2 Å². The van der Waals surface area contributed by atoms with Crippen LogP contribution in [0.4, 0.5) is 0 Å². The van der Waals surface area contributed by atoms with E-state index in [0.29, 0.717) is 18.2 Å². The summed E-state index contributed by atoms with van der Waals surface area (Å²) >= 11 is 1.88. The standard InChI is InChI=1S/C14H27N5OS/c1-11(2)13-18-12(20-19-13)7-9-17-14(15-3)16-8-5-6-10-21-4/h11H,5-10H2,1-4H3,(H2,15,16,17). The van der Waals surface area contributed by atoms with Gasteiger partial charge in [-0.05, 0) is 24.9 Å². The molecule has 7 heteroatoms. The number of thioether (sulfide) groups is 1. The molecule has 1 heterocycles. The monoisotopic (exact) mass is 313 g/mol. The molecule has 0 bridgehead atoms. The van der Waals surface area contributed by atoms with Crippen LogP contribution in [0.2, 0.25) is 0 Å². The first-order valence-electron chi connectivity index (χ1n) is 7.43. The third kappa shape index (κ3) is 7.36. The number of hydrogen-bond donors (Lipinski definition) is 2. The maximum absolute atomic E-state index is 5.20. The molecular weight excluding hydrogens is 286 g/mol. The van der Waals surface area contributed by atoms with Crippen LogP contribution in [0.1, 0.15) is 44.3 Å². The Morgan fingerprint density at radius 1 is 1.29 bits per heavy atom. The van der Waals surface area contributed by atoms with Crippen LogP contribution in [0.25, 0.3) is 0 Å². The third-order valence-electron chi connectivity index (χ3n) is 2.92. The minimum Gasteiger partial charge on any atom is -0.356 e. The second-order valence-corrected chi connectivity index (χ2v) is 6.06. The summed E-state index contributed by atoms with van der Waals surface area (Å²) in [7, 11) is 1.78. The summed E-state index contributed by atoms with van der Waals surface area (Å²) < 4.78 is 5.20. The molecule has 0 atom stereocenters. The molecule has 0 aromatic carbocycles. The van der Waals surface area contributed by atoms with Crippen molar-refractivity contribution >= 4 is 17.7 Å². The van der Waals surface area contributed by atoms with Gasteiger partial charge in [0.05, 0.1) is 0 Å². The van der Waals surface area contributed by atoms with E-state index in [1.54, 1.807) is 7.05 Å². The Bertz CT molecular complexity index is 419. The smallest absolute Gasteiger partial charge is 0.228 e. The molecule has 0 radical (unpaired) electrons. The fraction of sp³-hybridized carbons (Fsp3) is 0.786. The zero-order valence-corrected chi connectivity index (χ0v) is 14.3. The van der Waals surface area contributed by atoms with Crippen LogP contribution in [-0.4, -0.2) is 48.2 Å². The number of rotatable bonds is 9. The van der Waals surface area contributed by atoms with E-state index in [1.165, 1.54) is 12.2 Å². The molecule has 2 N–H and O–H groups in total. The number of nitrogens with zero attached hydrogens (tertiary/aromatic N) is 3. The zero-order valence-electron chi connectivity index (χ0n) is 13.5. The van der Waals surface area contributed by atoms with Gasteiger partial charge in [-0.2, -0.15) is 16.7 Å². The molecule has 1 rings (SSSR count). The van der Waals surface area contributed by atoms with Gasteiger partial charge >= 0.3 is 0 Å². The van der Waals surface area contributed by atoms with Crippen molar-refractivity contribution in [3.05, 3.63) is 11.7 Å². The summed E-state index contributed by atoms with van der Waals surface area (Å²) in [6.45, 7) is 5.77. The summed E-state index contributed by atoms with van der Waals surface area (Å²) in [5.41, 5.74) is 0. The van der Waals surface area contributed by atoms with Crippen molar-refractivity contribution in [1.82, 2.24) is 20.8 Å². The average Bonchev–Trinajstić information content (AvgIpc) is 2.94. The Morgan fingerprint density at radius 2 is 2.05 bits per heavy atom. The summed E-state index contributed by atoms with van der Waals surface area (Å²) in [6.07, 6.45) is 5.22. The first-order valence-corrected chi connectivity index (χ1v) is 8.82. The molecule has 1 aromatic rings. The molecule has 0 saturated carbocycles. The van der Waals surface area contributed by atoms with Crippen molar-refractivity contribution < 1.29 is 4.52 Å². The lowest BCUT2D eigenvalue weighted by molar-refractivity contribution is 0.371. The fourth-order valence-electron chi connectivity index (χ4n) is 1.69. The van der Waals surface area contributed by atoms with E-state index in [0.717, 1.165) is 31.3 Å². The van der Waals surface area contributed by atoms with Gasteiger partial charge in [0.15, 0.2) is 11.8 Å². The summed E-state index contributed by atoms with van der Waals surface area (Å²) in [6, 6.07) is 0. The highest BCUT2D eigenvalue weighted by molar-refractivity contribution is 7.98. The van der Waals surface area contributed by atoms with Crippen molar-refractivity contribution in [3.63, 3.8) is 0 Å². The minimum atomic E-state index is 0.297. The number of aliphatic imine (C=N–C) groups is 1. The Kier molecular flexibility index (Phi) is 8.89. The Labute approximate surface area is 131 Å². The second kappa shape index (κ2) is 10.5. The summed E-state index contributed by atoms with van der Waals surface area (Å²) in [5.74, 6) is 3.76. The fourth-order valence-corrected chi connectivity index (χ4v) is 2.18. The molecule has 0 aliphatic heterocycles. The number of guanidine groups is 1. The van der Waals surface area contributed by atoms with Crippen molar-refractivity contribution in [1.29, 1.82) is 0 Å². The zero-order chi connectivity index (χ0) is 15.5. The van der Waals surface area contributed by atoms with Gasteiger partial charge in [0, 0.05) is 32.5 Å². The number of unbranched alkanes of at least 4 members (excludes halogenated alkanes) is 1. The van der Waals surface area contributed by atoms with Crippen LogP contribution >= 0.6 is 11.8 Å². The highest BCUT2D eigenvalue weighted by atomic mass is 32.2. The molecule has 0 aliphatic carbocycles. The maximum atomic E-state index is 5.20. The van der Waals surface area contributed by atoms with Gasteiger partial charge in [-0.25, -0.2) is 0 Å². The van der Waals surface area contributed by atoms with Crippen molar-refractivity contribution in [3.8, 4) is 0 Å². The Balaban J connectivity index is 2.19. The SMILES string of the molecule is CN=C(NCCCCSC)NCCc1nc(C(C)C)no1. The first kappa shape index (κ1) is 17.8. The van der Waals surface area contributed by atoms with Crippen LogP contribution < -0.4 is 10.6 Å². The van der Waals surface area contributed by atoms with E-state index in [2.05, 4.69) is 45.9 Å². The molecule has 120 valence electrons. The molecule has 21 heavy (non-hydrogen) atoms. The van der Waals surface area contributed by atoms with Crippen molar-refractivity contribution in [2.24, 2.45) is 4.99 Å². The van der Waals surface area contributed by atoms with Crippen molar-refractivity contribution in [2.45, 2.75) is 39.0 Å². The lowest BCUT2D eigenvalue weighted by Crippen LogP contribution is -2.38. The predicted molar refractivity (Wildman–Crippen MR) is 89.1 cm³/mol. The molecule has 6 nitrogen and oxygen atoms in total. The second-order valence-electron chi connectivity index (χ2n) is 5.08. The molecule has 0 fully saturated rings. The molecule has 0 spiro atoms. The van der Waals surface area contributed by atoms with Gasteiger partial charge in [-0.1, -0.05) is 19.0 Å². The van der Waals surface area contributed by atoms with E-state index in [-0.39, 0.29) is 0 Å². The van der Waals surface area contributed by atoms with Crippen LogP contribution in [-0.2, 0) is 6.42 Å². The number of aromatic nitrogens is 2. The largest absolute Gasteiger partial charge is 0.356 e. The van der Waals surface area contributed by atoms with Crippen molar-refractivity contribution in [2.75, 3.05) is 32.1 Å². The van der Waals surface area contributed by atoms with E-state index >= 15 is 0 Å². The maximum Gasteiger partial charge on any atom is 0.228 e. The number of hydrogen-bond acceptors (Lipinski definition) is 5. The van der Waals surface area contributed by atoms with Gasteiger partial charge in [0.1, 0.15) is 0 Å². The van der Waals surface area contributed by atoms with Crippen LogP contribution in [0.3, 0.4) is 0 Å². The summed E-state index contributed by atoms with van der Waals surface area (Å²) in [5, 5.41) is 10.5. The highest BCUT2D eigenvalue weighted by Gasteiger charge is 2.09. The lowest BCUT2D eigenvalue weighted by Gasteiger charge is -2.10. The Hall–Kier alpha value is -1.24. The topological polar surface area (TPSA) is 75.3 Å². The van der Waals surface area contributed by atoms with Gasteiger partial charge in [0.25, 0.3) is 0 Å². The van der Waals surface area contributed by atoms with Gasteiger partial charge in [-0.15, -0.1) is 0 Å². The molecule has 0 saturated heterocycles. The van der Waals surface area contributed by atoms with Crippen LogP contribution in [0.5, 0.6) is 0 Å². The minimum absolute atomic E-state index is 0.297. The predicted octanol–water partition coefficient (Wildman–Crippen LogP) is 2.04. The van der Waals surface area contributed by atoms with E-state index in [1.807, 2.05) is 11.8 Å². The number of nitrogens with one attached hydrogen (secondary N) is 2. The van der Waals surface area contributed by atoms with Gasteiger partial charge in [0.2, 0.25) is 5.89 Å². The summed E-state index contributed by atoms with van der Waals surface area (Å²) in [4.78, 5) is 8.54. The Morgan fingerprint density at radius 3 is 2.67 bits per heavy atom. The third-order valence-corrected chi connectivity index (χ3v) is 3.62. The molecule has 0 unspecified atom stereocenters. The highest BCUT2D eigenvalue weighted by Crippen LogP contribution is 2.09. The van der Waals surface area contributed by atoms with E-state index in [4.69, 9.17) is 4.52 Å². The molecular formula is C14H27N5OS. The van der Waals surface area contributed by atoms with Gasteiger partial charge in [-0.3, -0.25) is 4.99 Å². The first-order chi connectivity index (χ1) is 10.2. The average molecular weight is 313 g/mol. The van der Waals surface area contributed by atoms with Crippen LogP contribution in [0.15, 0.2) is 9.52 Å². The molecule has 0 aliphatic rings. The molecule has 0 amide bonds. The normalized spacial score (nSPS) is 12.0. The van der Waals surface area contributed by atoms with Crippen LogP contribution in [0, 0.1) is 0 Å². The van der Waals surface area contributed by atoms with E-state index < -0.39 is 0 Å². The lowest BCUT2D eigenvalue weighted by atomic mass is 10.2. The van der Waals surface area contributed by atoms with E-state index in [9.17, 15) is 0 Å².